The number of hydrogen-bond donors (Lipinski definition) is 2. The molecule has 0 aromatic heterocycles. The molecule has 0 fully saturated rings. The maximum Gasteiger partial charge on any atom is 0.306 e. The van der Waals surface area contributed by atoms with Crippen LogP contribution in [0.3, 0.4) is 0 Å². The predicted octanol–water partition coefficient (Wildman–Crippen LogP) is 2.13. The minimum absolute atomic E-state index is 0.153. The summed E-state index contributed by atoms with van der Waals surface area (Å²) in [6.45, 7) is 1.60. The summed E-state index contributed by atoms with van der Waals surface area (Å²) < 4.78 is 0. The van der Waals surface area contributed by atoms with E-state index in [9.17, 15) is 9.59 Å². The van der Waals surface area contributed by atoms with E-state index in [1.54, 1.807) is 19.1 Å². The highest BCUT2D eigenvalue weighted by Crippen LogP contribution is 2.09. The van der Waals surface area contributed by atoms with Gasteiger partial charge in [-0.05, 0) is 18.6 Å². The smallest absolute Gasteiger partial charge is 0.306 e. The van der Waals surface area contributed by atoms with Gasteiger partial charge in [-0.25, -0.2) is 0 Å². The van der Waals surface area contributed by atoms with E-state index in [1.165, 1.54) is 0 Å². The fraction of sp³-hybridized carbons (Fsp3) is 0.333. The van der Waals surface area contributed by atoms with Crippen molar-refractivity contribution >= 4 is 17.6 Å². The van der Waals surface area contributed by atoms with E-state index in [0.29, 0.717) is 6.42 Å². The molecule has 1 aromatic carbocycles. The van der Waals surface area contributed by atoms with Gasteiger partial charge in [0, 0.05) is 12.1 Å². The molecule has 0 heterocycles. The Bertz CT molecular complexity index is 362. The van der Waals surface area contributed by atoms with Gasteiger partial charge in [-0.2, -0.15) is 0 Å². The number of benzene rings is 1. The number of anilines is 1. The SMILES string of the molecule is CC(CCC(=O)Nc1ccccc1)C(=O)O. The summed E-state index contributed by atoms with van der Waals surface area (Å²) in [7, 11) is 0. The minimum Gasteiger partial charge on any atom is -0.481 e. The molecule has 0 saturated carbocycles. The average Bonchev–Trinajstić information content (AvgIpc) is 2.27. The number of carbonyl (C=O) groups excluding carboxylic acids is 1. The van der Waals surface area contributed by atoms with Gasteiger partial charge in [-0.1, -0.05) is 25.1 Å². The minimum atomic E-state index is -0.868. The number of amides is 1. The summed E-state index contributed by atoms with van der Waals surface area (Å²) >= 11 is 0. The van der Waals surface area contributed by atoms with Crippen LogP contribution in [-0.2, 0) is 9.59 Å². The molecule has 0 aliphatic heterocycles. The van der Waals surface area contributed by atoms with Crippen molar-refractivity contribution in [3.05, 3.63) is 30.3 Å². The van der Waals surface area contributed by atoms with Crippen molar-refractivity contribution in [2.24, 2.45) is 5.92 Å². The standard InChI is InChI=1S/C12H15NO3/c1-9(12(15)16)7-8-11(14)13-10-5-3-2-4-6-10/h2-6,9H,7-8H2,1H3,(H,13,14)(H,15,16). The molecular formula is C12H15NO3. The number of para-hydroxylation sites is 1. The predicted molar refractivity (Wildman–Crippen MR) is 61.1 cm³/mol. The number of hydrogen-bond acceptors (Lipinski definition) is 2. The molecule has 1 aromatic rings. The van der Waals surface area contributed by atoms with Crippen LogP contribution in [0.5, 0.6) is 0 Å². The fourth-order valence-electron chi connectivity index (χ4n) is 1.22. The Hall–Kier alpha value is -1.84. The zero-order chi connectivity index (χ0) is 12.0. The summed E-state index contributed by atoms with van der Waals surface area (Å²) in [6, 6.07) is 9.10. The molecule has 16 heavy (non-hydrogen) atoms. The topological polar surface area (TPSA) is 66.4 Å². The Morgan fingerprint density at radius 3 is 2.50 bits per heavy atom. The number of carboxylic acids is 1. The first-order chi connectivity index (χ1) is 7.59. The van der Waals surface area contributed by atoms with Gasteiger partial charge in [0.25, 0.3) is 0 Å². The third-order valence-corrected chi connectivity index (χ3v) is 2.28. The molecule has 2 N–H and O–H groups in total. The van der Waals surface area contributed by atoms with Crippen molar-refractivity contribution in [2.45, 2.75) is 19.8 Å². The first-order valence-corrected chi connectivity index (χ1v) is 5.17. The van der Waals surface area contributed by atoms with E-state index in [0.717, 1.165) is 5.69 Å². The Kier molecular flexibility index (Phi) is 4.51. The summed E-state index contributed by atoms with van der Waals surface area (Å²) in [5, 5.41) is 11.4. The molecule has 0 spiro atoms. The van der Waals surface area contributed by atoms with Crippen molar-refractivity contribution in [3.8, 4) is 0 Å². The van der Waals surface area contributed by atoms with Gasteiger partial charge in [0.15, 0.2) is 0 Å². The van der Waals surface area contributed by atoms with Crippen molar-refractivity contribution in [1.29, 1.82) is 0 Å². The highest BCUT2D eigenvalue weighted by molar-refractivity contribution is 5.90. The third kappa shape index (κ3) is 4.13. The summed E-state index contributed by atoms with van der Waals surface area (Å²) in [4.78, 5) is 22.0. The molecule has 0 aliphatic rings. The highest BCUT2D eigenvalue weighted by atomic mass is 16.4. The van der Waals surface area contributed by atoms with Gasteiger partial charge >= 0.3 is 5.97 Å². The van der Waals surface area contributed by atoms with Crippen LogP contribution in [0.2, 0.25) is 0 Å². The van der Waals surface area contributed by atoms with Crippen LogP contribution in [-0.4, -0.2) is 17.0 Å². The Balaban J connectivity index is 2.35. The lowest BCUT2D eigenvalue weighted by molar-refractivity contribution is -0.141. The van der Waals surface area contributed by atoms with Crippen LogP contribution in [0.15, 0.2) is 30.3 Å². The number of aliphatic carboxylic acids is 1. The maximum atomic E-state index is 11.4. The lowest BCUT2D eigenvalue weighted by Gasteiger charge is -2.07. The van der Waals surface area contributed by atoms with E-state index < -0.39 is 11.9 Å². The molecule has 1 unspecified atom stereocenters. The molecule has 1 atom stereocenters. The quantitative estimate of drug-likeness (QED) is 0.800. The number of rotatable bonds is 5. The Morgan fingerprint density at radius 2 is 1.94 bits per heavy atom. The molecule has 86 valence electrons. The van der Waals surface area contributed by atoms with E-state index in [2.05, 4.69) is 5.32 Å². The van der Waals surface area contributed by atoms with E-state index in [4.69, 9.17) is 5.11 Å². The molecule has 1 rings (SSSR count). The molecule has 0 bridgehead atoms. The second kappa shape index (κ2) is 5.90. The van der Waals surface area contributed by atoms with Crippen molar-refractivity contribution < 1.29 is 14.7 Å². The van der Waals surface area contributed by atoms with Gasteiger partial charge in [0.1, 0.15) is 0 Å². The monoisotopic (exact) mass is 221 g/mol. The molecule has 0 aliphatic carbocycles. The van der Waals surface area contributed by atoms with Crippen molar-refractivity contribution in [2.75, 3.05) is 5.32 Å². The van der Waals surface area contributed by atoms with Gasteiger partial charge in [-0.15, -0.1) is 0 Å². The Labute approximate surface area is 94.3 Å². The highest BCUT2D eigenvalue weighted by Gasteiger charge is 2.12. The second-order valence-corrected chi connectivity index (χ2v) is 3.69. The van der Waals surface area contributed by atoms with Gasteiger partial charge < -0.3 is 10.4 Å². The first-order valence-electron chi connectivity index (χ1n) is 5.17. The van der Waals surface area contributed by atoms with Crippen LogP contribution in [0.1, 0.15) is 19.8 Å². The Morgan fingerprint density at radius 1 is 1.31 bits per heavy atom. The number of nitrogens with one attached hydrogen (secondary N) is 1. The van der Waals surface area contributed by atoms with E-state index in [-0.39, 0.29) is 12.3 Å². The molecule has 4 heteroatoms. The van der Waals surface area contributed by atoms with Crippen LogP contribution in [0.25, 0.3) is 0 Å². The molecule has 0 radical (unpaired) electrons. The van der Waals surface area contributed by atoms with Crippen LogP contribution >= 0.6 is 0 Å². The fourth-order valence-corrected chi connectivity index (χ4v) is 1.22. The second-order valence-electron chi connectivity index (χ2n) is 3.69. The molecule has 4 nitrogen and oxygen atoms in total. The lowest BCUT2D eigenvalue weighted by atomic mass is 10.1. The van der Waals surface area contributed by atoms with Crippen LogP contribution in [0, 0.1) is 5.92 Å². The average molecular weight is 221 g/mol. The largest absolute Gasteiger partial charge is 0.481 e. The summed E-state index contributed by atoms with van der Waals surface area (Å²) in [5.74, 6) is -1.51. The third-order valence-electron chi connectivity index (χ3n) is 2.28. The number of carboxylic acid groups (broad SMARTS) is 1. The maximum absolute atomic E-state index is 11.4. The molecule has 0 saturated heterocycles. The van der Waals surface area contributed by atoms with Crippen molar-refractivity contribution in [1.82, 2.24) is 0 Å². The number of carbonyl (C=O) groups is 2. The van der Waals surface area contributed by atoms with E-state index in [1.807, 2.05) is 18.2 Å². The van der Waals surface area contributed by atoms with Gasteiger partial charge in [0.2, 0.25) is 5.91 Å². The molecule has 1 amide bonds. The first kappa shape index (κ1) is 12.2. The van der Waals surface area contributed by atoms with Crippen molar-refractivity contribution in [3.63, 3.8) is 0 Å². The zero-order valence-electron chi connectivity index (χ0n) is 9.14. The normalized spacial score (nSPS) is 11.8. The van der Waals surface area contributed by atoms with Gasteiger partial charge in [-0.3, -0.25) is 9.59 Å². The molecular weight excluding hydrogens is 206 g/mol. The van der Waals surface area contributed by atoms with Crippen LogP contribution in [0.4, 0.5) is 5.69 Å². The lowest BCUT2D eigenvalue weighted by Crippen LogP contribution is -2.16. The van der Waals surface area contributed by atoms with Gasteiger partial charge in [0.05, 0.1) is 5.92 Å². The summed E-state index contributed by atoms with van der Waals surface area (Å²) in [6.07, 6.45) is 0.580. The van der Waals surface area contributed by atoms with E-state index >= 15 is 0 Å². The summed E-state index contributed by atoms with van der Waals surface area (Å²) in [5.41, 5.74) is 0.732. The van der Waals surface area contributed by atoms with Crippen LogP contribution < -0.4 is 5.32 Å². The zero-order valence-corrected chi connectivity index (χ0v) is 9.14.